The highest BCUT2D eigenvalue weighted by molar-refractivity contribution is 5.89. The number of nitrogens with zero attached hydrogens (tertiary/aromatic N) is 1. The number of carbonyl (C=O) groups excluding carboxylic acids is 1. The fourth-order valence-electron chi connectivity index (χ4n) is 1.10. The molecule has 4 nitrogen and oxygen atoms in total. The largest absolute Gasteiger partial charge is 0.480 e. The first-order valence-corrected chi connectivity index (χ1v) is 5.21. The van der Waals surface area contributed by atoms with Gasteiger partial charge in [0.2, 0.25) is 5.91 Å². The number of hydrogen-bond acceptors (Lipinski definition) is 2. The van der Waals surface area contributed by atoms with Gasteiger partial charge in [-0.25, -0.2) is 0 Å². The van der Waals surface area contributed by atoms with Gasteiger partial charge in [0.15, 0.2) is 0 Å². The standard InChI is InChI=1S/C11H19NO3/c1-3-4-5-6-7-8-10(13)12(2)9-11(14)15/h7-8H,3-6,9H2,1-2H3,(H,14,15). The summed E-state index contributed by atoms with van der Waals surface area (Å²) < 4.78 is 0. The van der Waals surface area contributed by atoms with Crippen LogP contribution in [0.2, 0.25) is 0 Å². The topological polar surface area (TPSA) is 57.6 Å². The molecule has 4 heteroatoms. The number of allylic oxidation sites excluding steroid dienone is 1. The molecule has 0 aliphatic rings. The van der Waals surface area contributed by atoms with Crippen LogP contribution in [0.4, 0.5) is 0 Å². The predicted octanol–water partition coefficient (Wildman–Crippen LogP) is 1.67. The molecular formula is C11H19NO3. The van der Waals surface area contributed by atoms with Gasteiger partial charge in [-0.2, -0.15) is 0 Å². The third-order valence-electron chi connectivity index (χ3n) is 1.98. The molecule has 0 unspecified atom stereocenters. The normalized spacial score (nSPS) is 10.5. The Kier molecular flexibility index (Phi) is 7.32. The van der Waals surface area contributed by atoms with Crippen molar-refractivity contribution in [3.05, 3.63) is 12.2 Å². The van der Waals surface area contributed by atoms with Crippen molar-refractivity contribution in [3.8, 4) is 0 Å². The minimum absolute atomic E-state index is 0.252. The first kappa shape index (κ1) is 13.7. The van der Waals surface area contributed by atoms with E-state index in [2.05, 4.69) is 6.92 Å². The molecule has 0 aliphatic heterocycles. The molecule has 0 saturated carbocycles. The van der Waals surface area contributed by atoms with Gasteiger partial charge in [-0.15, -0.1) is 0 Å². The summed E-state index contributed by atoms with van der Waals surface area (Å²) in [6.07, 6.45) is 7.50. The number of aliphatic carboxylic acids is 1. The van der Waals surface area contributed by atoms with Crippen molar-refractivity contribution in [1.29, 1.82) is 0 Å². The maximum absolute atomic E-state index is 11.3. The Morgan fingerprint density at radius 3 is 2.53 bits per heavy atom. The summed E-state index contributed by atoms with van der Waals surface area (Å²) in [6.45, 7) is 1.87. The molecule has 86 valence electrons. The van der Waals surface area contributed by atoms with Gasteiger partial charge < -0.3 is 10.0 Å². The smallest absolute Gasteiger partial charge is 0.323 e. The highest BCUT2D eigenvalue weighted by Crippen LogP contribution is 1.99. The monoisotopic (exact) mass is 213 g/mol. The minimum Gasteiger partial charge on any atom is -0.480 e. The van der Waals surface area contributed by atoms with Crippen molar-refractivity contribution < 1.29 is 14.7 Å². The Morgan fingerprint density at radius 2 is 2.00 bits per heavy atom. The fraction of sp³-hybridized carbons (Fsp3) is 0.636. The van der Waals surface area contributed by atoms with Gasteiger partial charge in [0.25, 0.3) is 0 Å². The molecule has 0 aromatic carbocycles. The van der Waals surface area contributed by atoms with Crippen LogP contribution < -0.4 is 0 Å². The van der Waals surface area contributed by atoms with E-state index in [1.54, 1.807) is 6.08 Å². The quantitative estimate of drug-likeness (QED) is 0.517. The number of carboxylic acid groups (broad SMARTS) is 1. The molecule has 0 fully saturated rings. The first-order valence-electron chi connectivity index (χ1n) is 5.21. The van der Waals surface area contributed by atoms with Crippen molar-refractivity contribution in [2.75, 3.05) is 13.6 Å². The molecule has 0 heterocycles. The summed E-state index contributed by atoms with van der Waals surface area (Å²) in [7, 11) is 1.48. The van der Waals surface area contributed by atoms with E-state index in [0.717, 1.165) is 25.7 Å². The molecule has 0 spiro atoms. The molecule has 0 atom stereocenters. The van der Waals surface area contributed by atoms with E-state index in [4.69, 9.17) is 5.11 Å². The van der Waals surface area contributed by atoms with Crippen LogP contribution >= 0.6 is 0 Å². The summed E-state index contributed by atoms with van der Waals surface area (Å²) >= 11 is 0. The van der Waals surface area contributed by atoms with E-state index >= 15 is 0 Å². The van der Waals surface area contributed by atoms with Crippen LogP contribution in [0, 0.1) is 0 Å². The second-order valence-electron chi connectivity index (χ2n) is 3.49. The van der Waals surface area contributed by atoms with Gasteiger partial charge in [0, 0.05) is 7.05 Å². The van der Waals surface area contributed by atoms with Crippen LogP contribution in [0.25, 0.3) is 0 Å². The molecular weight excluding hydrogens is 194 g/mol. The summed E-state index contributed by atoms with van der Waals surface area (Å²) in [5.41, 5.74) is 0. The summed E-state index contributed by atoms with van der Waals surface area (Å²) in [6, 6.07) is 0. The van der Waals surface area contributed by atoms with Crippen LogP contribution in [0.15, 0.2) is 12.2 Å². The van der Waals surface area contributed by atoms with Crippen LogP contribution in [0.3, 0.4) is 0 Å². The first-order chi connectivity index (χ1) is 7.07. The zero-order valence-electron chi connectivity index (χ0n) is 9.40. The Hall–Kier alpha value is -1.32. The highest BCUT2D eigenvalue weighted by atomic mass is 16.4. The zero-order valence-corrected chi connectivity index (χ0v) is 9.40. The van der Waals surface area contributed by atoms with Crippen LogP contribution in [-0.2, 0) is 9.59 Å². The van der Waals surface area contributed by atoms with E-state index in [1.807, 2.05) is 0 Å². The maximum atomic E-state index is 11.3. The molecule has 0 bridgehead atoms. The molecule has 0 radical (unpaired) electrons. The molecule has 15 heavy (non-hydrogen) atoms. The highest BCUT2D eigenvalue weighted by Gasteiger charge is 2.07. The van der Waals surface area contributed by atoms with Gasteiger partial charge in [-0.3, -0.25) is 9.59 Å². The average Bonchev–Trinajstić information content (AvgIpc) is 2.16. The third-order valence-corrected chi connectivity index (χ3v) is 1.98. The van der Waals surface area contributed by atoms with Crippen molar-refractivity contribution in [2.45, 2.75) is 32.6 Å². The predicted molar refractivity (Wildman–Crippen MR) is 58.6 cm³/mol. The number of likely N-dealkylation sites (N-methyl/N-ethyl adjacent to an activating group) is 1. The Bertz CT molecular complexity index is 236. The van der Waals surface area contributed by atoms with Crippen molar-refractivity contribution >= 4 is 11.9 Å². The Labute approximate surface area is 90.6 Å². The molecule has 0 rings (SSSR count). The molecule has 1 amide bonds. The maximum Gasteiger partial charge on any atom is 0.323 e. The van der Waals surface area contributed by atoms with Gasteiger partial charge >= 0.3 is 5.97 Å². The summed E-state index contributed by atoms with van der Waals surface area (Å²) in [4.78, 5) is 22.8. The number of hydrogen-bond donors (Lipinski definition) is 1. The van der Waals surface area contributed by atoms with E-state index in [0.29, 0.717) is 0 Å². The lowest BCUT2D eigenvalue weighted by atomic mass is 10.2. The fourth-order valence-corrected chi connectivity index (χ4v) is 1.10. The molecule has 0 aromatic rings. The van der Waals surface area contributed by atoms with Crippen molar-refractivity contribution in [3.63, 3.8) is 0 Å². The lowest BCUT2D eigenvalue weighted by Crippen LogP contribution is -2.30. The second-order valence-corrected chi connectivity index (χ2v) is 3.49. The van der Waals surface area contributed by atoms with E-state index in [-0.39, 0.29) is 12.5 Å². The molecule has 0 aliphatic carbocycles. The van der Waals surface area contributed by atoms with E-state index < -0.39 is 5.97 Å². The van der Waals surface area contributed by atoms with Crippen LogP contribution in [-0.4, -0.2) is 35.5 Å². The average molecular weight is 213 g/mol. The van der Waals surface area contributed by atoms with Crippen molar-refractivity contribution in [1.82, 2.24) is 4.90 Å². The lowest BCUT2D eigenvalue weighted by Gasteiger charge is -2.11. The van der Waals surface area contributed by atoms with E-state index in [9.17, 15) is 9.59 Å². The SMILES string of the molecule is CCCCCC=CC(=O)N(C)CC(=O)O. The van der Waals surface area contributed by atoms with Gasteiger partial charge in [-0.1, -0.05) is 25.8 Å². The lowest BCUT2D eigenvalue weighted by molar-refractivity contribution is -0.141. The number of carboxylic acids is 1. The van der Waals surface area contributed by atoms with Crippen molar-refractivity contribution in [2.24, 2.45) is 0 Å². The minimum atomic E-state index is -0.995. The van der Waals surface area contributed by atoms with Crippen LogP contribution in [0.5, 0.6) is 0 Å². The number of unbranched alkanes of at least 4 members (excludes halogenated alkanes) is 3. The molecule has 1 N–H and O–H groups in total. The Balaban J connectivity index is 3.75. The summed E-state index contributed by atoms with van der Waals surface area (Å²) in [5, 5.41) is 8.46. The number of amides is 1. The zero-order chi connectivity index (χ0) is 11.7. The number of carbonyl (C=O) groups is 2. The van der Waals surface area contributed by atoms with E-state index in [1.165, 1.54) is 18.0 Å². The summed E-state index contributed by atoms with van der Waals surface area (Å²) in [5.74, 6) is -1.25. The molecule has 0 aromatic heterocycles. The van der Waals surface area contributed by atoms with Gasteiger partial charge in [0.1, 0.15) is 6.54 Å². The molecule has 0 saturated heterocycles. The number of rotatable bonds is 7. The third kappa shape index (κ3) is 7.73. The van der Waals surface area contributed by atoms with Gasteiger partial charge in [0.05, 0.1) is 0 Å². The van der Waals surface area contributed by atoms with Gasteiger partial charge in [-0.05, 0) is 18.9 Å². The second kappa shape index (κ2) is 8.03. The van der Waals surface area contributed by atoms with Crippen LogP contribution in [0.1, 0.15) is 32.6 Å². The Morgan fingerprint density at radius 1 is 1.33 bits per heavy atom.